The molecule has 0 amide bonds. The number of carbonyl (C=O) groups is 1. The Balaban J connectivity index is 1.56. The summed E-state index contributed by atoms with van der Waals surface area (Å²) >= 11 is 1.17. The number of nitro groups is 1. The van der Waals surface area contributed by atoms with Crippen molar-refractivity contribution < 1.29 is 23.9 Å². The number of benzene rings is 3. The average molecular weight is 652 g/mol. The Morgan fingerprint density at radius 1 is 1.09 bits per heavy atom. The molecule has 3 aromatic carbocycles. The average Bonchev–Trinajstić information content (AvgIpc) is 3.64. The van der Waals surface area contributed by atoms with E-state index >= 15 is 0 Å². The van der Waals surface area contributed by atoms with Crippen LogP contribution in [0.5, 0.6) is 11.5 Å². The number of ether oxygens (including phenoxy) is 3. The highest BCUT2D eigenvalue weighted by Crippen LogP contribution is 2.34. The summed E-state index contributed by atoms with van der Waals surface area (Å²) in [4.78, 5) is 43.7. The van der Waals surface area contributed by atoms with Gasteiger partial charge < -0.3 is 14.2 Å². The van der Waals surface area contributed by atoms with Crippen LogP contribution in [0.15, 0.2) is 100 Å². The van der Waals surface area contributed by atoms with E-state index in [1.807, 2.05) is 30.3 Å². The van der Waals surface area contributed by atoms with E-state index in [0.29, 0.717) is 43.2 Å². The van der Waals surface area contributed by atoms with Crippen molar-refractivity contribution in [1.29, 1.82) is 0 Å². The Labute approximate surface area is 272 Å². The van der Waals surface area contributed by atoms with Gasteiger partial charge in [-0.05, 0) is 61.9 Å². The smallest absolute Gasteiger partial charge is 0.338 e. The minimum absolute atomic E-state index is 0.147. The Morgan fingerprint density at radius 3 is 2.49 bits per heavy atom. The van der Waals surface area contributed by atoms with Gasteiger partial charge in [0.15, 0.2) is 10.6 Å². The van der Waals surface area contributed by atoms with Gasteiger partial charge in [-0.1, -0.05) is 41.7 Å². The highest BCUT2D eigenvalue weighted by Gasteiger charge is 2.33. The minimum Gasteiger partial charge on any atom is -0.497 e. The lowest BCUT2D eigenvalue weighted by Crippen LogP contribution is -2.39. The molecule has 0 bridgehead atoms. The van der Waals surface area contributed by atoms with Crippen LogP contribution in [0, 0.1) is 10.1 Å². The van der Waals surface area contributed by atoms with E-state index in [-0.39, 0.29) is 29.2 Å². The second kappa shape index (κ2) is 12.9. The van der Waals surface area contributed by atoms with Crippen molar-refractivity contribution in [1.82, 2.24) is 14.3 Å². The second-order valence-corrected chi connectivity index (χ2v) is 11.4. The molecule has 0 aliphatic carbocycles. The molecule has 1 atom stereocenters. The van der Waals surface area contributed by atoms with Crippen LogP contribution in [0.4, 0.5) is 5.69 Å². The summed E-state index contributed by atoms with van der Waals surface area (Å²) in [6, 6.07) is 20.3. The number of fused-ring (bicyclic) bond motifs is 1. The van der Waals surface area contributed by atoms with Gasteiger partial charge in [0, 0.05) is 23.4 Å². The molecular formula is C34H29N5O7S. The first-order valence-corrected chi connectivity index (χ1v) is 15.4. The molecule has 0 saturated carbocycles. The van der Waals surface area contributed by atoms with Crippen LogP contribution in [0.3, 0.4) is 0 Å². The Morgan fingerprint density at radius 2 is 1.83 bits per heavy atom. The van der Waals surface area contributed by atoms with Gasteiger partial charge in [0.2, 0.25) is 0 Å². The number of thiazole rings is 1. The molecule has 1 aliphatic heterocycles. The lowest BCUT2D eigenvalue weighted by Gasteiger charge is -2.24. The number of hydrogen-bond donors (Lipinski definition) is 0. The van der Waals surface area contributed by atoms with Crippen LogP contribution in [-0.4, -0.2) is 46.1 Å². The summed E-state index contributed by atoms with van der Waals surface area (Å²) < 4.78 is 19.4. The van der Waals surface area contributed by atoms with E-state index in [4.69, 9.17) is 19.3 Å². The third-order valence-electron chi connectivity index (χ3n) is 7.64. The van der Waals surface area contributed by atoms with E-state index in [1.54, 1.807) is 74.3 Å². The normalized spacial score (nSPS) is 14.4. The molecule has 2 aromatic heterocycles. The van der Waals surface area contributed by atoms with E-state index in [2.05, 4.69) is 4.99 Å². The maximum Gasteiger partial charge on any atom is 0.338 e. The molecule has 0 fully saturated rings. The van der Waals surface area contributed by atoms with Crippen LogP contribution in [0.25, 0.3) is 23.0 Å². The number of methoxy groups -OCH3 is 2. The van der Waals surface area contributed by atoms with E-state index in [1.165, 1.54) is 29.1 Å². The van der Waals surface area contributed by atoms with Crippen LogP contribution in [0.2, 0.25) is 0 Å². The molecule has 0 N–H and O–H groups in total. The predicted octanol–water partition coefficient (Wildman–Crippen LogP) is 4.58. The highest BCUT2D eigenvalue weighted by atomic mass is 32.1. The summed E-state index contributed by atoms with van der Waals surface area (Å²) in [5.41, 5.74) is 2.97. The summed E-state index contributed by atoms with van der Waals surface area (Å²) in [6.07, 6.45) is 3.45. The lowest BCUT2D eigenvalue weighted by molar-refractivity contribution is -0.385. The molecule has 47 heavy (non-hydrogen) atoms. The maximum atomic E-state index is 14.2. The van der Waals surface area contributed by atoms with Crippen molar-refractivity contribution in [2.45, 2.75) is 19.9 Å². The van der Waals surface area contributed by atoms with Crippen molar-refractivity contribution in [2.24, 2.45) is 4.99 Å². The molecule has 0 radical (unpaired) electrons. The first-order chi connectivity index (χ1) is 22.7. The molecule has 3 heterocycles. The van der Waals surface area contributed by atoms with Crippen molar-refractivity contribution in [3.05, 3.63) is 131 Å². The lowest BCUT2D eigenvalue weighted by atomic mass is 9.96. The van der Waals surface area contributed by atoms with Gasteiger partial charge in [0.25, 0.3) is 5.56 Å². The second-order valence-electron chi connectivity index (χ2n) is 10.4. The summed E-state index contributed by atoms with van der Waals surface area (Å²) in [6.45, 7) is 3.73. The summed E-state index contributed by atoms with van der Waals surface area (Å²) in [5, 5.41) is 16.7. The molecule has 5 aromatic rings. The van der Waals surface area contributed by atoms with Crippen molar-refractivity contribution in [3.63, 3.8) is 0 Å². The predicted molar refractivity (Wildman–Crippen MR) is 176 cm³/mol. The molecule has 12 nitrogen and oxygen atoms in total. The quantitative estimate of drug-likeness (QED) is 0.128. The SMILES string of the molecule is CCOc1ccc(-c2nn(-c3ccccc3)cc2C=c2sc3n(c2=O)C(c2ccc(OC)cc2)C(C(=O)OC)=C(C)N=3)cc1[N+](=O)[O-]. The zero-order valence-corrected chi connectivity index (χ0v) is 26.7. The van der Waals surface area contributed by atoms with Crippen molar-refractivity contribution in [2.75, 3.05) is 20.8 Å². The molecular weight excluding hydrogens is 622 g/mol. The van der Waals surface area contributed by atoms with Gasteiger partial charge in [-0.25, -0.2) is 14.5 Å². The maximum absolute atomic E-state index is 14.2. The number of nitrogens with zero attached hydrogens (tertiary/aromatic N) is 5. The zero-order chi connectivity index (χ0) is 33.2. The first kappa shape index (κ1) is 31.2. The van der Waals surface area contributed by atoms with E-state index < -0.39 is 16.9 Å². The van der Waals surface area contributed by atoms with Crippen molar-refractivity contribution in [3.8, 4) is 28.4 Å². The number of esters is 1. The van der Waals surface area contributed by atoms with Gasteiger partial charge >= 0.3 is 11.7 Å². The number of aromatic nitrogens is 3. The van der Waals surface area contributed by atoms with Crippen LogP contribution >= 0.6 is 11.3 Å². The fourth-order valence-corrected chi connectivity index (χ4v) is 6.49. The van der Waals surface area contributed by atoms with Gasteiger partial charge in [-0.3, -0.25) is 19.5 Å². The Bertz CT molecular complexity index is 2220. The first-order valence-electron chi connectivity index (χ1n) is 14.6. The molecule has 238 valence electrons. The third-order valence-corrected chi connectivity index (χ3v) is 8.62. The minimum atomic E-state index is -0.799. The molecule has 1 unspecified atom stereocenters. The van der Waals surface area contributed by atoms with Crippen LogP contribution in [-0.2, 0) is 9.53 Å². The number of rotatable bonds is 9. The summed E-state index contributed by atoms with van der Waals surface area (Å²) in [5.74, 6) is 0.178. The van der Waals surface area contributed by atoms with Gasteiger partial charge in [0.05, 0.1) is 53.3 Å². The molecule has 1 aliphatic rings. The largest absolute Gasteiger partial charge is 0.497 e. The fourth-order valence-electron chi connectivity index (χ4n) is 5.45. The molecule has 0 spiro atoms. The van der Waals surface area contributed by atoms with Crippen LogP contribution < -0.4 is 24.4 Å². The van der Waals surface area contributed by atoms with E-state index in [9.17, 15) is 19.7 Å². The number of carbonyl (C=O) groups excluding carboxylic acids is 1. The third kappa shape index (κ3) is 5.84. The van der Waals surface area contributed by atoms with Gasteiger partial charge in [-0.15, -0.1) is 0 Å². The number of nitro benzene ring substituents is 1. The Kier molecular flexibility index (Phi) is 8.55. The highest BCUT2D eigenvalue weighted by molar-refractivity contribution is 7.07. The standard InChI is InChI=1S/C34H29N5O7S/c1-5-46-27-16-13-22(17-26(27)39(42)43)30-23(19-37(36-30)24-9-7-6-8-10-24)18-28-32(40)38-31(21-11-14-25(44-3)15-12-21)29(33(41)45-4)20(2)35-34(38)47-28/h6-19,31H,5H2,1-4H3. The fraction of sp³-hybridized carbons (Fsp3) is 0.176. The number of para-hydroxylation sites is 1. The van der Waals surface area contributed by atoms with Crippen molar-refractivity contribution >= 4 is 29.1 Å². The Hall–Kier alpha value is -5.82. The topological polar surface area (TPSA) is 140 Å². The molecule has 0 saturated heterocycles. The number of hydrogen-bond acceptors (Lipinski definition) is 10. The summed E-state index contributed by atoms with van der Waals surface area (Å²) in [7, 11) is 2.84. The molecule has 13 heteroatoms. The molecule has 6 rings (SSSR count). The van der Waals surface area contributed by atoms with Crippen LogP contribution in [0.1, 0.15) is 31.0 Å². The van der Waals surface area contributed by atoms with Gasteiger partial charge in [-0.2, -0.15) is 5.10 Å². The van der Waals surface area contributed by atoms with E-state index in [0.717, 1.165) is 5.69 Å². The van der Waals surface area contributed by atoms with Gasteiger partial charge in [0.1, 0.15) is 11.4 Å². The number of allylic oxidation sites excluding steroid dienone is 1. The zero-order valence-electron chi connectivity index (χ0n) is 25.9. The monoisotopic (exact) mass is 651 g/mol.